The summed E-state index contributed by atoms with van der Waals surface area (Å²) in [4.78, 5) is 34.6. The summed E-state index contributed by atoms with van der Waals surface area (Å²) < 4.78 is 1.61. The van der Waals surface area contributed by atoms with Crippen LogP contribution in [-0.2, 0) is 11.3 Å². The van der Waals surface area contributed by atoms with Gasteiger partial charge in [-0.1, -0.05) is 42.1 Å². The lowest BCUT2D eigenvalue weighted by molar-refractivity contribution is -0.113. The maximum atomic E-state index is 13.2. The highest BCUT2D eigenvalue weighted by atomic mass is 32.2. The van der Waals surface area contributed by atoms with Crippen molar-refractivity contribution in [2.24, 2.45) is 0 Å². The van der Waals surface area contributed by atoms with Crippen LogP contribution in [0.25, 0.3) is 10.9 Å². The van der Waals surface area contributed by atoms with E-state index < -0.39 is 0 Å². The van der Waals surface area contributed by atoms with Crippen LogP contribution in [0.5, 0.6) is 0 Å². The largest absolute Gasteiger partial charge is 0.325 e. The number of anilines is 1. The van der Waals surface area contributed by atoms with Crippen molar-refractivity contribution >= 4 is 34.3 Å². The molecule has 4 rings (SSSR count). The molecule has 2 heterocycles. The number of carbonyl (C=O) groups excluding carboxylic acids is 1. The number of thioether (sulfide) groups is 1. The molecule has 1 N–H and O–H groups in total. The number of amides is 1. The number of nitrogens with zero attached hydrogens (tertiary/aromatic N) is 3. The number of para-hydroxylation sites is 1. The Morgan fingerprint density at radius 2 is 1.94 bits per heavy atom. The highest BCUT2D eigenvalue weighted by Gasteiger charge is 2.14. The molecule has 0 atom stereocenters. The molecule has 0 saturated heterocycles. The Morgan fingerprint density at radius 1 is 1.10 bits per heavy atom. The number of aromatic nitrogens is 3. The van der Waals surface area contributed by atoms with E-state index in [-0.39, 0.29) is 17.2 Å². The van der Waals surface area contributed by atoms with Gasteiger partial charge in [0.15, 0.2) is 5.16 Å². The zero-order valence-corrected chi connectivity index (χ0v) is 18.1. The molecule has 2 aromatic heterocycles. The van der Waals surface area contributed by atoms with Gasteiger partial charge in [-0.25, -0.2) is 4.98 Å². The van der Waals surface area contributed by atoms with Gasteiger partial charge in [0.25, 0.3) is 5.56 Å². The second-order valence-corrected chi connectivity index (χ2v) is 8.26. The van der Waals surface area contributed by atoms with Crippen molar-refractivity contribution in [3.8, 4) is 0 Å². The zero-order chi connectivity index (χ0) is 21.8. The van der Waals surface area contributed by atoms with Crippen LogP contribution in [-0.4, -0.2) is 26.2 Å². The van der Waals surface area contributed by atoms with Crippen LogP contribution >= 0.6 is 11.8 Å². The molecule has 2 aromatic carbocycles. The third-order valence-corrected chi connectivity index (χ3v) is 5.87. The minimum Gasteiger partial charge on any atom is -0.325 e. The van der Waals surface area contributed by atoms with E-state index in [2.05, 4.69) is 15.3 Å². The maximum absolute atomic E-state index is 13.2. The molecule has 0 radical (unpaired) electrons. The fourth-order valence-corrected chi connectivity index (χ4v) is 4.06. The Hall–Kier alpha value is -3.45. The topological polar surface area (TPSA) is 76.9 Å². The number of fused-ring (bicyclic) bond motifs is 1. The first-order chi connectivity index (χ1) is 15.0. The summed E-state index contributed by atoms with van der Waals surface area (Å²) in [6, 6.07) is 16.9. The summed E-state index contributed by atoms with van der Waals surface area (Å²) in [6.07, 6.45) is 3.42. The van der Waals surface area contributed by atoms with Gasteiger partial charge >= 0.3 is 0 Å². The lowest BCUT2D eigenvalue weighted by Gasteiger charge is -2.13. The average Bonchev–Trinajstić information content (AvgIpc) is 2.78. The molecule has 0 aliphatic rings. The Labute approximate surface area is 184 Å². The Bertz CT molecular complexity index is 1300. The van der Waals surface area contributed by atoms with Crippen LogP contribution in [0.1, 0.15) is 16.7 Å². The molecule has 0 aliphatic heterocycles. The van der Waals surface area contributed by atoms with Crippen LogP contribution in [0.2, 0.25) is 0 Å². The van der Waals surface area contributed by atoms with Crippen molar-refractivity contribution in [2.75, 3.05) is 11.1 Å². The van der Waals surface area contributed by atoms with E-state index in [4.69, 9.17) is 0 Å². The van der Waals surface area contributed by atoms with Gasteiger partial charge in [-0.15, -0.1) is 0 Å². The fourth-order valence-electron chi connectivity index (χ4n) is 3.26. The summed E-state index contributed by atoms with van der Waals surface area (Å²) >= 11 is 1.25. The summed E-state index contributed by atoms with van der Waals surface area (Å²) in [5.74, 6) is -0.000362. The predicted molar refractivity (Wildman–Crippen MR) is 125 cm³/mol. The van der Waals surface area contributed by atoms with Crippen LogP contribution in [0, 0.1) is 13.8 Å². The highest BCUT2D eigenvalue weighted by molar-refractivity contribution is 7.99. The number of nitrogens with one attached hydrogen (secondary N) is 1. The van der Waals surface area contributed by atoms with Crippen LogP contribution in [0.4, 0.5) is 5.69 Å². The van der Waals surface area contributed by atoms with Crippen LogP contribution in [0.15, 0.2) is 76.9 Å². The standard InChI is InChI=1S/C24H22N4O2S/c1-16-9-10-17(2)21(12-16)26-22(29)15-31-24-27-20-8-4-3-7-19(20)23(30)28(24)14-18-6-5-11-25-13-18/h3-13H,14-15H2,1-2H3,(H,26,29). The van der Waals surface area contributed by atoms with E-state index in [9.17, 15) is 9.59 Å². The molecule has 0 spiro atoms. The van der Waals surface area contributed by atoms with Crippen molar-refractivity contribution in [1.82, 2.24) is 14.5 Å². The molecule has 156 valence electrons. The molecule has 0 saturated carbocycles. The van der Waals surface area contributed by atoms with Crippen LogP contribution < -0.4 is 10.9 Å². The first kappa shape index (κ1) is 20.8. The van der Waals surface area contributed by atoms with Gasteiger partial charge in [0.2, 0.25) is 5.91 Å². The number of carbonyl (C=O) groups is 1. The molecule has 6 nitrogen and oxygen atoms in total. The van der Waals surface area contributed by atoms with Gasteiger partial charge in [0.05, 0.1) is 23.2 Å². The third-order valence-electron chi connectivity index (χ3n) is 4.89. The minimum atomic E-state index is -0.144. The predicted octanol–water partition coefficient (Wildman–Crippen LogP) is 4.19. The summed E-state index contributed by atoms with van der Waals surface area (Å²) in [5, 5.41) is 4.01. The van der Waals surface area contributed by atoms with Gasteiger partial charge in [-0.05, 0) is 54.8 Å². The SMILES string of the molecule is Cc1ccc(C)c(NC(=O)CSc2nc3ccccc3c(=O)n2Cc2cccnc2)c1. The van der Waals surface area contributed by atoms with Gasteiger partial charge in [0, 0.05) is 18.1 Å². The number of benzene rings is 2. The van der Waals surface area contributed by atoms with Crippen molar-refractivity contribution in [2.45, 2.75) is 25.5 Å². The summed E-state index contributed by atoms with van der Waals surface area (Å²) in [7, 11) is 0. The van der Waals surface area contributed by atoms with E-state index in [0.717, 1.165) is 22.4 Å². The molecule has 1 amide bonds. The number of hydrogen-bond donors (Lipinski definition) is 1. The van der Waals surface area contributed by atoms with E-state index >= 15 is 0 Å². The van der Waals surface area contributed by atoms with Gasteiger partial charge in [0.1, 0.15) is 0 Å². The normalized spacial score (nSPS) is 10.9. The van der Waals surface area contributed by atoms with E-state index in [1.165, 1.54) is 11.8 Å². The van der Waals surface area contributed by atoms with E-state index in [0.29, 0.717) is 22.6 Å². The van der Waals surface area contributed by atoms with E-state index in [1.54, 1.807) is 23.0 Å². The van der Waals surface area contributed by atoms with Crippen LogP contribution in [0.3, 0.4) is 0 Å². The first-order valence-electron chi connectivity index (χ1n) is 9.89. The lowest BCUT2D eigenvalue weighted by Crippen LogP contribution is -2.25. The number of rotatable bonds is 6. The molecule has 0 bridgehead atoms. The number of aryl methyl sites for hydroxylation is 2. The highest BCUT2D eigenvalue weighted by Crippen LogP contribution is 2.21. The second kappa shape index (κ2) is 9.14. The first-order valence-corrected chi connectivity index (χ1v) is 10.9. The van der Waals surface area contributed by atoms with Crippen molar-refractivity contribution in [3.05, 3.63) is 94.0 Å². The molecule has 0 unspecified atom stereocenters. The van der Waals surface area contributed by atoms with Crippen molar-refractivity contribution in [1.29, 1.82) is 0 Å². The molecule has 4 aromatic rings. The fraction of sp³-hybridized carbons (Fsp3) is 0.167. The molecular weight excluding hydrogens is 408 g/mol. The van der Waals surface area contributed by atoms with Gasteiger partial charge in [-0.2, -0.15) is 0 Å². The maximum Gasteiger partial charge on any atom is 0.262 e. The summed E-state index contributed by atoms with van der Waals surface area (Å²) in [5.41, 5.74) is 4.25. The Kier molecular flexibility index (Phi) is 6.13. The summed E-state index contributed by atoms with van der Waals surface area (Å²) in [6.45, 7) is 4.28. The van der Waals surface area contributed by atoms with Crippen molar-refractivity contribution < 1.29 is 4.79 Å². The van der Waals surface area contributed by atoms with Gasteiger partial charge < -0.3 is 5.32 Å². The Morgan fingerprint density at radius 3 is 2.74 bits per heavy atom. The Balaban J connectivity index is 1.61. The van der Waals surface area contributed by atoms with Crippen molar-refractivity contribution in [3.63, 3.8) is 0 Å². The minimum absolute atomic E-state index is 0.133. The third kappa shape index (κ3) is 4.83. The van der Waals surface area contributed by atoms with E-state index in [1.807, 2.05) is 62.4 Å². The quantitative estimate of drug-likeness (QED) is 0.367. The molecule has 0 aliphatic carbocycles. The molecular formula is C24H22N4O2S. The number of hydrogen-bond acceptors (Lipinski definition) is 5. The lowest BCUT2D eigenvalue weighted by atomic mass is 10.1. The molecule has 31 heavy (non-hydrogen) atoms. The second-order valence-electron chi connectivity index (χ2n) is 7.32. The number of pyridine rings is 1. The average molecular weight is 431 g/mol. The molecule has 7 heteroatoms. The van der Waals surface area contributed by atoms with Gasteiger partial charge in [-0.3, -0.25) is 19.1 Å². The smallest absolute Gasteiger partial charge is 0.262 e. The molecule has 0 fully saturated rings. The monoisotopic (exact) mass is 430 g/mol. The zero-order valence-electron chi connectivity index (χ0n) is 17.3.